The normalized spacial score (nSPS) is 19.3. The summed E-state index contributed by atoms with van der Waals surface area (Å²) in [7, 11) is 0. The van der Waals surface area contributed by atoms with E-state index in [2.05, 4.69) is 35.1 Å². The third-order valence-electron chi connectivity index (χ3n) is 3.45. The van der Waals surface area contributed by atoms with Gasteiger partial charge in [0, 0.05) is 28.0 Å². The summed E-state index contributed by atoms with van der Waals surface area (Å²) in [6, 6.07) is 5.75. The van der Waals surface area contributed by atoms with Crippen LogP contribution in [0.4, 0.5) is 0 Å². The van der Waals surface area contributed by atoms with Gasteiger partial charge in [0.15, 0.2) is 0 Å². The number of hydrogen-bond acceptors (Lipinski definition) is 3. The number of halogens is 1. The van der Waals surface area contributed by atoms with Crippen LogP contribution in [-0.2, 0) is 4.74 Å². The highest BCUT2D eigenvalue weighted by Crippen LogP contribution is 2.31. The molecule has 2 N–H and O–H groups in total. The molecule has 100 valence electrons. The predicted octanol–water partition coefficient (Wildman–Crippen LogP) is 3.23. The van der Waals surface area contributed by atoms with Crippen molar-refractivity contribution in [1.29, 1.82) is 0 Å². The van der Waals surface area contributed by atoms with Gasteiger partial charge in [0.2, 0.25) is 0 Å². The third-order valence-corrected chi connectivity index (χ3v) is 3.94. The highest BCUT2D eigenvalue weighted by molar-refractivity contribution is 9.10. The van der Waals surface area contributed by atoms with Gasteiger partial charge in [0.1, 0.15) is 5.75 Å². The van der Waals surface area contributed by atoms with Gasteiger partial charge in [0.05, 0.1) is 13.2 Å². The van der Waals surface area contributed by atoms with Crippen LogP contribution < -0.4 is 5.32 Å². The summed E-state index contributed by atoms with van der Waals surface area (Å²) in [5.74, 6) is 0.354. The van der Waals surface area contributed by atoms with Crippen molar-refractivity contribution in [3.05, 3.63) is 28.2 Å². The number of rotatable bonds is 5. The molecule has 2 rings (SSSR count). The molecule has 1 aliphatic rings. The number of hydrogen-bond donors (Lipinski definition) is 2. The highest BCUT2D eigenvalue weighted by atomic mass is 79.9. The summed E-state index contributed by atoms with van der Waals surface area (Å²) in [5.41, 5.74) is 1.20. The highest BCUT2D eigenvalue weighted by Gasteiger charge is 2.33. The molecule has 1 saturated heterocycles. The first-order chi connectivity index (χ1) is 8.54. The summed E-state index contributed by atoms with van der Waals surface area (Å²) < 4.78 is 6.25. The van der Waals surface area contributed by atoms with Gasteiger partial charge in [-0.1, -0.05) is 29.8 Å². The number of nitrogens with one attached hydrogen (secondary N) is 1. The van der Waals surface area contributed by atoms with E-state index < -0.39 is 0 Å². The molecule has 1 aliphatic heterocycles. The minimum atomic E-state index is 0.180. The minimum Gasteiger partial charge on any atom is -0.508 e. The molecule has 18 heavy (non-hydrogen) atoms. The van der Waals surface area contributed by atoms with Gasteiger partial charge in [-0.3, -0.25) is 0 Å². The molecule has 0 amide bonds. The first-order valence-electron chi connectivity index (χ1n) is 6.33. The predicted molar refractivity (Wildman–Crippen MR) is 75.8 cm³/mol. The lowest BCUT2D eigenvalue weighted by Crippen LogP contribution is -2.47. The Bertz CT molecular complexity index is 418. The molecule has 1 fully saturated rings. The van der Waals surface area contributed by atoms with Crippen molar-refractivity contribution in [2.24, 2.45) is 5.41 Å². The van der Waals surface area contributed by atoms with Gasteiger partial charge < -0.3 is 15.2 Å². The van der Waals surface area contributed by atoms with Crippen LogP contribution in [0.2, 0.25) is 0 Å². The second kappa shape index (κ2) is 5.59. The van der Waals surface area contributed by atoms with Crippen molar-refractivity contribution in [1.82, 2.24) is 5.32 Å². The van der Waals surface area contributed by atoms with E-state index in [1.54, 1.807) is 6.07 Å². The number of phenolic OH excluding ortho intramolecular Hbond substituents is 1. The summed E-state index contributed by atoms with van der Waals surface area (Å²) in [6.45, 7) is 6.90. The van der Waals surface area contributed by atoms with Crippen molar-refractivity contribution < 1.29 is 9.84 Å². The third kappa shape index (κ3) is 3.05. The second-order valence-corrected chi connectivity index (χ2v) is 6.26. The standard InChI is InChI=1S/C14H20BrNO2/c1-3-12(16-7-14(2)8-18-9-14)11-6-10(15)4-5-13(11)17/h4-6,12,16-17H,3,7-9H2,1-2H3. The van der Waals surface area contributed by atoms with Gasteiger partial charge >= 0.3 is 0 Å². The van der Waals surface area contributed by atoms with E-state index in [0.717, 1.165) is 36.2 Å². The molecule has 1 aromatic rings. The molecule has 0 aliphatic carbocycles. The van der Waals surface area contributed by atoms with E-state index in [-0.39, 0.29) is 11.5 Å². The van der Waals surface area contributed by atoms with Crippen molar-refractivity contribution in [2.75, 3.05) is 19.8 Å². The molecule has 0 saturated carbocycles. The number of aromatic hydroxyl groups is 1. The fourth-order valence-corrected chi connectivity index (χ4v) is 2.58. The van der Waals surface area contributed by atoms with E-state index in [9.17, 15) is 5.11 Å². The largest absolute Gasteiger partial charge is 0.508 e. The van der Waals surface area contributed by atoms with Crippen LogP contribution in [0.25, 0.3) is 0 Å². The monoisotopic (exact) mass is 313 g/mol. The van der Waals surface area contributed by atoms with Crippen molar-refractivity contribution in [3.63, 3.8) is 0 Å². The maximum Gasteiger partial charge on any atom is 0.120 e. The van der Waals surface area contributed by atoms with Gasteiger partial charge in [-0.15, -0.1) is 0 Å². The Morgan fingerprint density at radius 2 is 2.22 bits per heavy atom. The Hall–Kier alpha value is -0.580. The van der Waals surface area contributed by atoms with Crippen LogP contribution in [0, 0.1) is 5.41 Å². The zero-order valence-corrected chi connectivity index (χ0v) is 12.5. The Morgan fingerprint density at radius 3 is 2.78 bits per heavy atom. The fraction of sp³-hybridized carbons (Fsp3) is 0.571. The Labute approximate surface area is 117 Å². The van der Waals surface area contributed by atoms with Crippen LogP contribution in [0.5, 0.6) is 5.75 Å². The second-order valence-electron chi connectivity index (χ2n) is 5.35. The minimum absolute atomic E-state index is 0.180. The lowest BCUT2D eigenvalue weighted by molar-refractivity contribution is -0.100. The molecule has 0 aromatic heterocycles. The molecule has 1 atom stereocenters. The number of phenols is 1. The van der Waals surface area contributed by atoms with Gasteiger partial charge in [0.25, 0.3) is 0 Å². The summed E-state index contributed by atoms with van der Waals surface area (Å²) in [5, 5.41) is 13.5. The van der Waals surface area contributed by atoms with Gasteiger partial charge in [-0.05, 0) is 24.6 Å². The fourth-order valence-electron chi connectivity index (χ4n) is 2.20. The summed E-state index contributed by atoms with van der Waals surface area (Å²) >= 11 is 3.45. The van der Waals surface area contributed by atoms with Gasteiger partial charge in [-0.25, -0.2) is 0 Å². The van der Waals surface area contributed by atoms with Crippen molar-refractivity contribution >= 4 is 15.9 Å². The molecule has 0 radical (unpaired) electrons. The molecular formula is C14H20BrNO2. The first-order valence-corrected chi connectivity index (χ1v) is 7.13. The maximum absolute atomic E-state index is 9.95. The summed E-state index contributed by atoms with van der Waals surface area (Å²) in [4.78, 5) is 0. The van der Waals surface area contributed by atoms with Crippen LogP contribution >= 0.6 is 15.9 Å². The van der Waals surface area contributed by atoms with Crippen LogP contribution in [0.1, 0.15) is 31.9 Å². The smallest absolute Gasteiger partial charge is 0.120 e. The van der Waals surface area contributed by atoms with Crippen LogP contribution in [-0.4, -0.2) is 24.9 Å². The molecule has 1 heterocycles. The maximum atomic E-state index is 9.95. The Balaban J connectivity index is 2.05. The average Bonchev–Trinajstić information content (AvgIpc) is 2.32. The van der Waals surface area contributed by atoms with Crippen molar-refractivity contribution in [2.45, 2.75) is 26.3 Å². The summed E-state index contributed by atoms with van der Waals surface area (Å²) in [6.07, 6.45) is 0.945. The van der Waals surface area contributed by atoms with Crippen molar-refractivity contribution in [3.8, 4) is 5.75 Å². The average molecular weight is 314 g/mol. The van der Waals surface area contributed by atoms with E-state index in [1.165, 1.54) is 0 Å². The number of benzene rings is 1. The zero-order valence-electron chi connectivity index (χ0n) is 10.9. The topological polar surface area (TPSA) is 41.5 Å². The van der Waals surface area contributed by atoms with Crippen LogP contribution in [0.15, 0.2) is 22.7 Å². The SMILES string of the molecule is CCC(NCC1(C)COC1)c1cc(Br)ccc1O. The molecular weight excluding hydrogens is 294 g/mol. The first kappa shape index (κ1) is 13.8. The van der Waals surface area contributed by atoms with Crippen LogP contribution in [0.3, 0.4) is 0 Å². The quantitative estimate of drug-likeness (QED) is 0.877. The van der Waals surface area contributed by atoms with E-state index in [4.69, 9.17) is 4.74 Å². The molecule has 0 spiro atoms. The Morgan fingerprint density at radius 1 is 1.50 bits per heavy atom. The zero-order chi connectivity index (χ0) is 13.2. The molecule has 1 unspecified atom stereocenters. The van der Waals surface area contributed by atoms with E-state index in [1.807, 2.05) is 12.1 Å². The Kier molecular flexibility index (Phi) is 4.30. The lowest BCUT2D eigenvalue weighted by Gasteiger charge is -2.39. The lowest BCUT2D eigenvalue weighted by atomic mass is 9.88. The van der Waals surface area contributed by atoms with E-state index in [0.29, 0.717) is 5.75 Å². The molecule has 0 bridgehead atoms. The van der Waals surface area contributed by atoms with E-state index >= 15 is 0 Å². The number of ether oxygens (including phenoxy) is 1. The molecule has 1 aromatic carbocycles. The molecule has 3 nitrogen and oxygen atoms in total. The molecule has 4 heteroatoms. The van der Waals surface area contributed by atoms with Gasteiger partial charge in [-0.2, -0.15) is 0 Å².